The van der Waals surface area contributed by atoms with Gasteiger partial charge in [0.2, 0.25) is 0 Å². The van der Waals surface area contributed by atoms with Crippen LogP contribution in [0.1, 0.15) is 28.9 Å². The zero-order valence-corrected chi connectivity index (χ0v) is 14.1. The highest BCUT2D eigenvalue weighted by atomic mass is 32.1. The van der Waals surface area contributed by atoms with Gasteiger partial charge in [0.05, 0.1) is 18.2 Å². The largest absolute Gasteiger partial charge is 0.478 e. The molecule has 4 N–H and O–H groups in total. The first-order chi connectivity index (χ1) is 12.0. The van der Waals surface area contributed by atoms with Gasteiger partial charge in [-0.3, -0.25) is 4.79 Å². The second-order valence-electron chi connectivity index (χ2n) is 5.50. The normalized spacial score (nSPS) is 25.8. The van der Waals surface area contributed by atoms with Crippen molar-refractivity contribution in [3.05, 3.63) is 35.4 Å². The average molecular weight is 392 g/mol. The molecule has 0 aromatic heterocycles. The lowest BCUT2D eigenvalue weighted by molar-refractivity contribution is -0.292. The van der Waals surface area contributed by atoms with E-state index in [1.54, 1.807) is 5.32 Å². The molecule has 0 aliphatic carbocycles. The minimum absolute atomic E-state index is 0.0935. The third kappa shape index (κ3) is 3.58. The molecule has 0 amide bonds. The van der Waals surface area contributed by atoms with Crippen LogP contribution in [0.25, 0.3) is 0 Å². The van der Waals surface area contributed by atoms with Gasteiger partial charge < -0.3 is 25.6 Å². The van der Waals surface area contributed by atoms with Crippen LogP contribution in [0.15, 0.2) is 24.3 Å². The summed E-state index contributed by atoms with van der Waals surface area (Å²) in [4.78, 5) is 23.1. The molecule has 1 fully saturated rings. The number of carbonyl (C=O) groups is 2. The molecule has 1 aliphatic heterocycles. The van der Waals surface area contributed by atoms with Crippen LogP contribution >= 0.6 is 12.2 Å². The summed E-state index contributed by atoms with van der Waals surface area (Å²) in [5.74, 6) is -4.63. The molecule has 142 valence electrons. The fourth-order valence-corrected chi connectivity index (χ4v) is 2.93. The van der Waals surface area contributed by atoms with Crippen LogP contribution < -0.4 is 10.6 Å². The van der Waals surface area contributed by atoms with Crippen molar-refractivity contribution < 1.29 is 37.7 Å². The summed E-state index contributed by atoms with van der Waals surface area (Å²) in [6.45, 7) is 1.22. The van der Waals surface area contributed by atoms with Crippen molar-refractivity contribution in [1.29, 1.82) is 0 Å². The molecule has 0 radical (unpaired) electrons. The number of aromatic carboxylic acids is 1. The van der Waals surface area contributed by atoms with E-state index in [9.17, 15) is 27.9 Å². The summed E-state index contributed by atoms with van der Waals surface area (Å²) in [6, 6.07) is 3.41. The average Bonchev–Trinajstić information content (AvgIpc) is 2.53. The van der Waals surface area contributed by atoms with Crippen LogP contribution in [-0.4, -0.2) is 45.8 Å². The Bertz CT molecular complexity index is 725. The number of aliphatic hydroxyl groups is 1. The first-order valence-corrected chi connectivity index (χ1v) is 7.79. The highest BCUT2D eigenvalue weighted by Crippen LogP contribution is 2.43. The number of nitrogens with one attached hydrogen (secondary N) is 2. The van der Waals surface area contributed by atoms with Gasteiger partial charge in [-0.25, -0.2) is 4.79 Å². The van der Waals surface area contributed by atoms with Gasteiger partial charge in [0.1, 0.15) is 5.92 Å². The van der Waals surface area contributed by atoms with Crippen molar-refractivity contribution in [2.75, 3.05) is 6.61 Å². The molecule has 1 aliphatic rings. The highest BCUT2D eigenvalue weighted by molar-refractivity contribution is 7.80. The van der Waals surface area contributed by atoms with E-state index in [1.165, 1.54) is 31.2 Å². The van der Waals surface area contributed by atoms with E-state index in [1.807, 2.05) is 0 Å². The molecule has 26 heavy (non-hydrogen) atoms. The number of hydrogen-bond donors (Lipinski definition) is 4. The topological polar surface area (TPSA) is 108 Å². The first kappa shape index (κ1) is 19.9. The number of hydrogen-bond acceptors (Lipinski definition) is 5. The Balaban J connectivity index is 2.54. The summed E-state index contributed by atoms with van der Waals surface area (Å²) >= 11 is 4.74. The molecular weight excluding hydrogens is 377 g/mol. The number of carboxylic acid groups (broad SMARTS) is 1. The number of benzene rings is 1. The maximum Gasteiger partial charge on any atom is 0.437 e. The fraction of sp³-hybridized carbons (Fsp3) is 0.400. The standard InChI is InChI=1S/C15H15F3N2O5S/c1-2-25-12(23)9-10(7-3-5-8(6-4-7)11(21)22)19-13(26)20-14(9,24)15(16,17)18/h3-6,9-10,24H,2H2,1H3,(H,21,22)(H2,19,20,26). The van der Waals surface area contributed by atoms with Crippen molar-refractivity contribution >= 4 is 29.3 Å². The monoisotopic (exact) mass is 392 g/mol. The summed E-state index contributed by atoms with van der Waals surface area (Å²) in [5.41, 5.74) is -3.62. The SMILES string of the molecule is CCOC(=O)C1C(c2ccc(C(=O)O)cc2)NC(=S)NC1(O)C(F)(F)F. The molecule has 3 unspecified atom stereocenters. The van der Waals surface area contributed by atoms with Crippen molar-refractivity contribution in [1.82, 2.24) is 10.6 Å². The highest BCUT2D eigenvalue weighted by Gasteiger charge is 2.66. The van der Waals surface area contributed by atoms with E-state index < -0.39 is 40.9 Å². The van der Waals surface area contributed by atoms with E-state index in [-0.39, 0.29) is 17.7 Å². The van der Waals surface area contributed by atoms with Crippen molar-refractivity contribution in [3.8, 4) is 0 Å². The van der Waals surface area contributed by atoms with E-state index in [4.69, 9.17) is 22.1 Å². The molecule has 1 aromatic rings. The third-order valence-electron chi connectivity index (χ3n) is 3.86. The maximum atomic E-state index is 13.5. The number of carbonyl (C=O) groups excluding carboxylic acids is 1. The number of alkyl halides is 3. The second kappa shape index (κ2) is 7.08. The molecule has 0 saturated carbocycles. The Morgan fingerprint density at radius 2 is 1.88 bits per heavy atom. The second-order valence-corrected chi connectivity index (χ2v) is 5.91. The lowest BCUT2D eigenvalue weighted by atomic mass is 9.82. The lowest BCUT2D eigenvalue weighted by Gasteiger charge is -2.45. The Hall–Kier alpha value is -2.40. The minimum atomic E-state index is -5.24. The molecular formula is C15H15F3N2O5S. The molecule has 0 spiro atoms. The molecule has 1 saturated heterocycles. The molecule has 7 nitrogen and oxygen atoms in total. The predicted octanol–water partition coefficient (Wildman–Crippen LogP) is 1.33. The van der Waals surface area contributed by atoms with E-state index >= 15 is 0 Å². The van der Waals surface area contributed by atoms with Crippen LogP contribution in [0.5, 0.6) is 0 Å². The van der Waals surface area contributed by atoms with E-state index in [0.29, 0.717) is 0 Å². The van der Waals surface area contributed by atoms with Gasteiger partial charge >= 0.3 is 18.1 Å². The van der Waals surface area contributed by atoms with Crippen LogP contribution in [0.4, 0.5) is 13.2 Å². The number of ether oxygens (including phenoxy) is 1. The van der Waals surface area contributed by atoms with Crippen molar-refractivity contribution in [3.63, 3.8) is 0 Å². The van der Waals surface area contributed by atoms with E-state index in [2.05, 4.69) is 5.32 Å². The zero-order chi connectivity index (χ0) is 19.7. The molecule has 0 bridgehead atoms. The first-order valence-electron chi connectivity index (χ1n) is 7.39. The Labute approximate surface area is 151 Å². The van der Waals surface area contributed by atoms with Crippen LogP contribution in [0, 0.1) is 5.92 Å². The number of halogens is 3. The van der Waals surface area contributed by atoms with Crippen molar-refractivity contribution in [2.24, 2.45) is 5.92 Å². The van der Waals surface area contributed by atoms with Gasteiger partial charge in [-0.2, -0.15) is 13.2 Å². The predicted molar refractivity (Wildman–Crippen MR) is 86.1 cm³/mol. The van der Waals surface area contributed by atoms with Crippen LogP contribution in [-0.2, 0) is 9.53 Å². The quantitative estimate of drug-likeness (QED) is 0.449. The van der Waals surface area contributed by atoms with Gasteiger partial charge in [-0.1, -0.05) is 12.1 Å². The van der Waals surface area contributed by atoms with Crippen LogP contribution in [0.2, 0.25) is 0 Å². The lowest BCUT2D eigenvalue weighted by Crippen LogP contribution is -2.73. The summed E-state index contributed by atoms with van der Waals surface area (Å²) < 4.78 is 45.3. The van der Waals surface area contributed by atoms with Gasteiger partial charge in [0.15, 0.2) is 5.11 Å². The number of carboxylic acids is 1. The molecule has 1 aromatic carbocycles. The van der Waals surface area contributed by atoms with E-state index in [0.717, 1.165) is 0 Å². The summed E-state index contributed by atoms with van der Waals surface area (Å²) in [7, 11) is 0. The summed E-state index contributed by atoms with van der Waals surface area (Å²) in [5, 5.41) is 22.9. The van der Waals surface area contributed by atoms with Crippen molar-refractivity contribution in [2.45, 2.75) is 24.9 Å². The number of thiocarbonyl (C=S) groups is 1. The maximum absolute atomic E-state index is 13.5. The molecule has 1 heterocycles. The third-order valence-corrected chi connectivity index (χ3v) is 4.08. The van der Waals surface area contributed by atoms with Gasteiger partial charge in [-0.15, -0.1) is 0 Å². The molecule has 2 rings (SSSR count). The number of esters is 1. The van der Waals surface area contributed by atoms with Crippen LogP contribution in [0.3, 0.4) is 0 Å². The zero-order valence-electron chi connectivity index (χ0n) is 13.3. The summed E-state index contributed by atoms with van der Waals surface area (Å²) in [6.07, 6.45) is -5.24. The Kier molecular flexibility index (Phi) is 5.42. The molecule has 3 atom stereocenters. The van der Waals surface area contributed by atoms with Gasteiger partial charge in [0, 0.05) is 0 Å². The van der Waals surface area contributed by atoms with Gasteiger partial charge in [0.25, 0.3) is 5.72 Å². The Morgan fingerprint density at radius 1 is 1.31 bits per heavy atom. The molecule has 11 heteroatoms. The smallest absolute Gasteiger partial charge is 0.437 e. The Morgan fingerprint density at radius 3 is 2.35 bits per heavy atom. The minimum Gasteiger partial charge on any atom is -0.478 e. The number of rotatable bonds is 4. The fourth-order valence-electron chi connectivity index (χ4n) is 2.65. The van der Waals surface area contributed by atoms with Gasteiger partial charge in [-0.05, 0) is 36.8 Å².